The molecule has 0 bridgehead atoms. The SMILES string of the molecule is COc1ccc(C(=O)O[C@@H](C)C(=O)N2c3ccccc3NC(=O)C2(C)C)c(F)c1. The molecule has 1 N–H and O–H groups in total. The zero-order chi connectivity index (χ0) is 21.3. The van der Waals surface area contributed by atoms with E-state index >= 15 is 0 Å². The number of carbonyl (C=O) groups excluding carboxylic acids is 3. The Labute approximate surface area is 167 Å². The molecule has 2 amide bonds. The van der Waals surface area contributed by atoms with Gasteiger partial charge in [-0.2, -0.15) is 0 Å². The molecule has 2 aromatic carbocycles. The molecule has 0 aromatic heterocycles. The van der Waals surface area contributed by atoms with Gasteiger partial charge in [0.25, 0.3) is 5.91 Å². The van der Waals surface area contributed by atoms with Gasteiger partial charge in [-0.15, -0.1) is 0 Å². The number of nitrogens with zero attached hydrogens (tertiary/aromatic N) is 1. The molecule has 0 saturated carbocycles. The van der Waals surface area contributed by atoms with Crippen LogP contribution in [0, 0.1) is 5.82 Å². The molecule has 3 rings (SSSR count). The van der Waals surface area contributed by atoms with E-state index in [0.29, 0.717) is 11.4 Å². The highest BCUT2D eigenvalue weighted by molar-refractivity contribution is 6.15. The van der Waals surface area contributed by atoms with Crippen LogP contribution in [0.15, 0.2) is 42.5 Å². The number of benzene rings is 2. The summed E-state index contributed by atoms with van der Waals surface area (Å²) in [6, 6.07) is 10.5. The third-order valence-corrected chi connectivity index (χ3v) is 4.76. The maximum absolute atomic E-state index is 14.1. The third kappa shape index (κ3) is 3.65. The summed E-state index contributed by atoms with van der Waals surface area (Å²) < 4.78 is 24.2. The van der Waals surface area contributed by atoms with Gasteiger partial charge in [-0.1, -0.05) is 12.1 Å². The number of ether oxygens (including phenoxy) is 2. The summed E-state index contributed by atoms with van der Waals surface area (Å²) in [5, 5.41) is 2.76. The molecule has 0 aliphatic carbocycles. The predicted molar refractivity (Wildman–Crippen MR) is 104 cm³/mol. The number of esters is 1. The molecular formula is C21H21FN2O5. The molecule has 1 aliphatic rings. The van der Waals surface area contributed by atoms with E-state index in [1.54, 1.807) is 38.1 Å². The average molecular weight is 400 g/mol. The molecule has 2 aromatic rings. The maximum Gasteiger partial charge on any atom is 0.341 e. The van der Waals surface area contributed by atoms with Gasteiger partial charge in [0.15, 0.2) is 6.10 Å². The van der Waals surface area contributed by atoms with Crippen LogP contribution in [0.3, 0.4) is 0 Å². The van der Waals surface area contributed by atoms with Gasteiger partial charge < -0.3 is 14.8 Å². The summed E-state index contributed by atoms with van der Waals surface area (Å²) in [7, 11) is 1.38. The molecule has 0 unspecified atom stereocenters. The molecule has 1 atom stereocenters. The van der Waals surface area contributed by atoms with E-state index in [1.165, 1.54) is 31.1 Å². The second-order valence-electron chi connectivity index (χ2n) is 7.10. The molecule has 0 fully saturated rings. The number of halogens is 1. The number of hydrogen-bond donors (Lipinski definition) is 1. The van der Waals surface area contributed by atoms with Crippen molar-refractivity contribution in [3.05, 3.63) is 53.8 Å². The number of methoxy groups -OCH3 is 1. The van der Waals surface area contributed by atoms with Gasteiger partial charge in [0, 0.05) is 6.07 Å². The second kappa shape index (κ2) is 7.54. The minimum atomic E-state index is -1.25. The number of anilines is 2. The second-order valence-corrected chi connectivity index (χ2v) is 7.10. The van der Waals surface area contributed by atoms with Crippen molar-refractivity contribution in [3.63, 3.8) is 0 Å². The summed E-state index contributed by atoms with van der Waals surface area (Å²) >= 11 is 0. The van der Waals surface area contributed by atoms with Crippen LogP contribution >= 0.6 is 0 Å². The standard InChI is InChI=1S/C21H21FN2O5/c1-12(29-19(26)14-10-9-13(28-4)11-15(14)22)18(25)24-17-8-6-5-7-16(17)23-20(27)21(24,2)3/h5-12H,1-4H3,(H,23,27)/t12-/m0/s1. The Bertz CT molecular complexity index is 989. The topological polar surface area (TPSA) is 84.9 Å². The van der Waals surface area contributed by atoms with Crippen molar-refractivity contribution in [1.82, 2.24) is 0 Å². The van der Waals surface area contributed by atoms with Gasteiger partial charge >= 0.3 is 5.97 Å². The van der Waals surface area contributed by atoms with Crippen LogP contribution in [0.5, 0.6) is 5.75 Å². The highest BCUT2D eigenvalue weighted by atomic mass is 19.1. The number of hydrogen-bond acceptors (Lipinski definition) is 5. The molecule has 1 heterocycles. The van der Waals surface area contributed by atoms with Crippen LogP contribution in [0.4, 0.5) is 15.8 Å². The van der Waals surface area contributed by atoms with Crippen molar-refractivity contribution in [1.29, 1.82) is 0 Å². The van der Waals surface area contributed by atoms with E-state index < -0.39 is 29.3 Å². The zero-order valence-corrected chi connectivity index (χ0v) is 16.5. The van der Waals surface area contributed by atoms with E-state index in [4.69, 9.17) is 9.47 Å². The number of rotatable bonds is 4. The lowest BCUT2D eigenvalue weighted by molar-refractivity contribution is -0.131. The van der Waals surface area contributed by atoms with Crippen LogP contribution in [0.1, 0.15) is 31.1 Å². The molecule has 0 spiro atoms. The van der Waals surface area contributed by atoms with Crippen molar-refractivity contribution in [2.24, 2.45) is 0 Å². The quantitative estimate of drug-likeness (QED) is 0.797. The van der Waals surface area contributed by atoms with Gasteiger partial charge in [0.1, 0.15) is 17.1 Å². The Morgan fingerprint density at radius 2 is 1.86 bits per heavy atom. The highest BCUT2D eigenvalue weighted by Crippen LogP contribution is 2.37. The first kappa shape index (κ1) is 20.3. The molecular weight excluding hydrogens is 379 g/mol. The van der Waals surface area contributed by atoms with E-state index in [1.807, 2.05) is 0 Å². The van der Waals surface area contributed by atoms with Crippen LogP contribution in [-0.2, 0) is 14.3 Å². The summed E-state index contributed by atoms with van der Waals surface area (Å²) in [6.07, 6.45) is -1.25. The van der Waals surface area contributed by atoms with Gasteiger partial charge in [-0.05, 0) is 45.0 Å². The maximum atomic E-state index is 14.1. The fourth-order valence-corrected chi connectivity index (χ4v) is 3.09. The van der Waals surface area contributed by atoms with Crippen molar-refractivity contribution < 1.29 is 28.2 Å². The predicted octanol–water partition coefficient (Wildman–Crippen LogP) is 3.14. The molecule has 0 radical (unpaired) electrons. The third-order valence-electron chi connectivity index (χ3n) is 4.76. The minimum absolute atomic E-state index is 0.251. The number of fused-ring (bicyclic) bond motifs is 1. The first-order valence-electron chi connectivity index (χ1n) is 8.96. The molecule has 152 valence electrons. The monoisotopic (exact) mass is 400 g/mol. The Kier molecular flexibility index (Phi) is 5.28. The average Bonchev–Trinajstić information content (AvgIpc) is 2.68. The number of nitrogens with one attached hydrogen (secondary N) is 1. The zero-order valence-electron chi connectivity index (χ0n) is 16.5. The number of carbonyl (C=O) groups is 3. The fourth-order valence-electron chi connectivity index (χ4n) is 3.09. The molecule has 8 heteroatoms. The van der Waals surface area contributed by atoms with Gasteiger partial charge in [-0.25, -0.2) is 9.18 Å². The van der Waals surface area contributed by atoms with Gasteiger partial charge in [0.05, 0.1) is 24.0 Å². The van der Waals surface area contributed by atoms with Crippen LogP contribution in [0.25, 0.3) is 0 Å². The normalized spacial score (nSPS) is 15.8. The van der Waals surface area contributed by atoms with Gasteiger partial charge in [0.2, 0.25) is 5.91 Å². The Hall–Kier alpha value is -3.42. The van der Waals surface area contributed by atoms with E-state index in [9.17, 15) is 18.8 Å². The van der Waals surface area contributed by atoms with E-state index in [-0.39, 0.29) is 17.2 Å². The van der Waals surface area contributed by atoms with Crippen molar-refractivity contribution in [2.75, 3.05) is 17.3 Å². The minimum Gasteiger partial charge on any atom is -0.497 e. The van der Waals surface area contributed by atoms with E-state index in [0.717, 1.165) is 6.07 Å². The van der Waals surface area contributed by atoms with Crippen molar-refractivity contribution in [2.45, 2.75) is 32.4 Å². The molecule has 1 aliphatic heterocycles. The summed E-state index contributed by atoms with van der Waals surface area (Å²) in [6.45, 7) is 4.56. The summed E-state index contributed by atoms with van der Waals surface area (Å²) in [5.74, 6) is -2.53. The van der Waals surface area contributed by atoms with Crippen molar-refractivity contribution in [3.8, 4) is 5.75 Å². The number of para-hydroxylation sites is 2. The lowest BCUT2D eigenvalue weighted by Gasteiger charge is -2.42. The smallest absolute Gasteiger partial charge is 0.341 e. The molecule has 0 saturated heterocycles. The van der Waals surface area contributed by atoms with Gasteiger partial charge in [-0.3, -0.25) is 14.5 Å². The summed E-state index contributed by atoms with van der Waals surface area (Å²) in [4.78, 5) is 39.3. The fraction of sp³-hybridized carbons (Fsp3) is 0.286. The first-order chi connectivity index (χ1) is 13.7. The molecule has 7 nitrogen and oxygen atoms in total. The van der Waals surface area contributed by atoms with Crippen LogP contribution in [-0.4, -0.2) is 36.5 Å². The van der Waals surface area contributed by atoms with Crippen LogP contribution < -0.4 is 15.0 Å². The Morgan fingerprint density at radius 3 is 2.52 bits per heavy atom. The Balaban J connectivity index is 1.86. The highest BCUT2D eigenvalue weighted by Gasteiger charge is 2.45. The Morgan fingerprint density at radius 1 is 1.17 bits per heavy atom. The van der Waals surface area contributed by atoms with Crippen LogP contribution in [0.2, 0.25) is 0 Å². The lowest BCUT2D eigenvalue weighted by Crippen LogP contribution is -2.60. The number of amides is 2. The summed E-state index contributed by atoms with van der Waals surface area (Å²) in [5.41, 5.74) is -0.565. The van der Waals surface area contributed by atoms with Crippen molar-refractivity contribution >= 4 is 29.2 Å². The lowest BCUT2D eigenvalue weighted by atomic mass is 9.95. The molecule has 29 heavy (non-hydrogen) atoms. The first-order valence-corrected chi connectivity index (χ1v) is 8.96. The largest absolute Gasteiger partial charge is 0.497 e. The van der Waals surface area contributed by atoms with E-state index in [2.05, 4.69) is 5.32 Å².